The predicted octanol–water partition coefficient (Wildman–Crippen LogP) is 3.90. The van der Waals surface area contributed by atoms with Gasteiger partial charge < -0.3 is 0 Å². The highest BCUT2D eigenvalue weighted by Crippen LogP contribution is 2.30. The minimum atomic E-state index is -0.733. The fourth-order valence-corrected chi connectivity index (χ4v) is 2.71. The van der Waals surface area contributed by atoms with Crippen molar-refractivity contribution >= 4 is 15.9 Å². The maximum absolute atomic E-state index is 14.3. The third-order valence-electron chi connectivity index (χ3n) is 3.32. The zero-order valence-corrected chi connectivity index (χ0v) is 12.8. The quantitative estimate of drug-likeness (QED) is 0.656. The molecule has 2 aromatic rings. The molecule has 0 radical (unpaired) electrons. The Morgan fingerprint density at radius 1 is 1.10 bits per heavy atom. The Balaban J connectivity index is 2.61. The molecule has 1 unspecified atom stereocenters. The van der Waals surface area contributed by atoms with E-state index in [1.807, 2.05) is 19.1 Å². The highest BCUT2D eigenvalue weighted by molar-refractivity contribution is 9.10. The molecule has 0 amide bonds. The average molecular weight is 341 g/mol. The van der Waals surface area contributed by atoms with Crippen LogP contribution in [0, 0.1) is 25.5 Å². The number of hydrazine groups is 1. The first-order valence-corrected chi connectivity index (χ1v) is 6.91. The van der Waals surface area contributed by atoms with Gasteiger partial charge in [0, 0.05) is 10.0 Å². The largest absolute Gasteiger partial charge is 0.271 e. The van der Waals surface area contributed by atoms with Crippen LogP contribution in [0.15, 0.2) is 34.8 Å². The predicted molar refractivity (Wildman–Crippen MR) is 79.1 cm³/mol. The summed E-state index contributed by atoms with van der Waals surface area (Å²) in [5.74, 6) is 4.35. The molecule has 5 heteroatoms. The van der Waals surface area contributed by atoms with E-state index in [4.69, 9.17) is 5.84 Å². The zero-order chi connectivity index (χ0) is 14.9. The summed E-state index contributed by atoms with van der Waals surface area (Å²) in [4.78, 5) is 0. The van der Waals surface area contributed by atoms with E-state index in [1.165, 1.54) is 12.1 Å². The van der Waals surface area contributed by atoms with E-state index in [2.05, 4.69) is 21.4 Å². The summed E-state index contributed by atoms with van der Waals surface area (Å²) < 4.78 is 29.2. The van der Waals surface area contributed by atoms with Crippen molar-refractivity contribution in [1.82, 2.24) is 5.43 Å². The molecule has 3 N–H and O–H groups in total. The van der Waals surface area contributed by atoms with Gasteiger partial charge >= 0.3 is 0 Å². The first kappa shape index (κ1) is 15.1. The van der Waals surface area contributed by atoms with E-state index < -0.39 is 17.7 Å². The van der Waals surface area contributed by atoms with Crippen LogP contribution in [0.1, 0.15) is 28.3 Å². The van der Waals surface area contributed by atoms with Gasteiger partial charge in [-0.25, -0.2) is 14.2 Å². The highest BCUT2D eigenvalue weighted by atomic mass is 79.9. The summed E-state index contributed by atoms with van der Waals surface area (Å²) in [6.07, 6.45) is 0. The normalized spacial score (nSPS) is 12.5. The molecule has 0 aromatic heterocycles. The standard InChI is InChI=1S/C15H15BrF2N2/c1-8-3-6-12(17)13(14(8)18)15(20-19)11-5-4-10(16)7-9(11)2/h3-7,15,20H,19H2,1-2H3. The second-order valence-corrected chi connectivity index (χ2v) is 5.61. The van der Waals surface area contributed by atoms with Crippen LogP contribution >= 0.6 is 15.9 Å². The lowest BCUT2D eigenvalue weighted by molar-refractivity contribution is 0.506. The SMILES string of the molecule is Cc1cc(Br)ccc1C(NN)c1c(F)ccc(C)c1F. The van der Waals surface area contributed by atoms with E-state index in [1.54, 1.807) is 13.0 Å². The monoisotopic (exact) mass is 340 g/mol. The van der Waals surface area contributed by atoms with Gasteiger partial charge in [-0.2, -0.15) is 0 Å². The molecule has 0 aliphatic rings. The second kappa shape index (κ2) is 5.99. The van der Waals surface area contributed by atoms with Gasteiger partial charge in [-0.15, -0.1) is 0 Å². The molecule has 0 heterocycles. The maximum Gasteiger partial charge on any atom is 0.134 e. The van der Waals surface area contributed by atoms with Gasteiger partial charge in [0.05, 0.1) is 6.04 Å². The number of rotatable bonds is 3. The number of nitrogens with one attached hydrogen (secondary N) is 1. The summed E-state index contributed by atoms with van der Waals surface area (Å²) in [5, 5.41) is 0. The maximum atomic E-state index is 14.3. The first-order chi connectivity index (χ1) is 9.45. The first-order valence-electron chi connectivity index (χ1n) is 6.12. The van der Waals surface area contributed by atoms with Crippen LogP contribution in [0.2, 0.25) is 0 Å². The summed E-state index contributed by atoms with van der Waals surface area (Å²) in [5.41, 5.74) is 4.46. The van der Waals surface area contributed by atoms with Crippen LogP contribution in [0.4, 0.5) is 8.78 Å². The van der Waals surface area contributed by atoms with Crippen LogP contribution in [0.5, 0.6) is 0 Å². The molecule has 1 atom stereocenters. The Morgan fingerprint density at radius 2 is 1.80 bits per heavy atom. The molecule has 0 bridgehead atoms. The van der Waals surface area contributed by atoms with Crippen LogP contribution in [-0.4, -0.2) is 0 Å². The summed E-state index contributed by atoms with van der Waals surface area (Å²) >= 11 is 3.36. The van der Waals surface area contributed by atoms with Crippen molar-refractivity contribution in [3.63, 3.8) is 0 Å². The Morgan fingerprint density at radius 3 is 2.40 bits per heavy atom. The molecule has 0 aliphatic carbocycles. The molecule has 0 spiro atoms. The second-order valence-electron chi connectivity index (χ2n) is 4.69. The molecular weight excluding hydrogens is 326 g/mol. The summed E-state index contributed by atoms with van der Waals surface area (Å²) in [6.45, 7) is 3.47. The van der Waals surface area contributed by atoms with Crippen molar-refractivity contribution in [2.75, 3.05) is 0 Å². The van der Waals surface area contributed by atoms with E-state index >= 15 is 0 Å². The molecule has 2 aromatic carbocycles. The lowest BCUT2D eigenvalue weighted by Gasteiger charge is -2.21. The van der Waals surface area contributed by atoms with E-state index in [0.717, 1.165) is 15.6 Å². The Bertz CT molecular complexity index is 644. The van der Waals surface area contributed by atoms with Crippen LogP contribution in [0.3, 0.4) is 0 Å². The minimum Gasteiger partial charge on any atom is -0.271 e. The van der Waals surface area contributed by atoms with Crippen LogP contribution in [0.25, 0.3) is 0 Å². The number of hydrogen-bond donors (Lipinski definition) is 2. The van der Waals surface area contributed by atoms with E-state index in [9.17, 15) is 8.78 Å². The van der Waals surface area contributed by atoms with Crippen molar-refractivity contribution in [3.8, 4) is 0 Å². The Kier molecular flexibility index (Phi) is 4.52. The molecule has 0 saturated carbocycles. The fourth-order valence-electron chi connectivity index (χ4n) is 2.23. The smallest absolute Gasteiger partial charge is 0.134 e. The molecule has 0 saturated heterocycles. The summed E-state index contributed by atoms with van der Waals surface area (Å²) in [6, 6.07) is 7.43. The third kappa shape index (κ3) is 2.75. The number of aryl methyl sites for hydroxylation is 2. The van der Waals surface area contributed by atoms with Gasteiger partial charge in [0.15, 0.2) is 0 Å². The molecule has 2 rings (SSSR count). The molecular formula is C15H15BrF2N2. The zero-order valence-electron chi connectivity index (χ0n) is 11.2. The number of benzene rings is 2. The van der Waals surface area contributed by atoms with Crippen molar-refractivity contribution in [2.45, 2.75) is 19.9 Å². The number of nitrogens with two attached hydrogens (primary N) is 1. The van der Waals surface area contributed by atoms with Crippen molar-refractivity contribution in [2.24, 2.45) is 5.84 Å². The Labute approximate surface area is 125 Å². The molecule has 0 aliphatic heterocycles. The van der Waals surface area contributed by atoms with Crippen LogP contribution < -0.4 is 11.3 Å². The van der Waals surface area contributed by atoms with Gasteiger partial charge in [0.1, 0.15) is 11.6 Å². The molecule has 106 valence electrons. The molecule has 2 nitrogen and oxygen atoms in total. The fraction of sp³-hybridized carbons (Fsp3) is 0.200. The number of halogens is 3. The van der Waals surface area contributed by atoms with Gasteiger partial charge in [-0.1, -0.05) is 28.1 Å². The highest BCUT2D eigenvalue weighted by Gasteiger charge is 2.23. The lowest BCUT2D eigenvalue weighted by Crippen LogP contribution is -2.31. The van der Waals surface area contributed by atoms with Gasteiger partial charge in [0.25, 0.3) is 0 Å². The molecule has 0 fully saturated rings. The Hall–Kier alpha value is -1.30. The van der Waals surface area contributed by atoms with Gasteiger partial charge in [0.2, 0.25) is 0 Å². The van der Waals surface area contributed by atoms with Crippen molar-refractivity contribution in [1.29, 1.82) is 0 Å². The van der Waals surface area contributed by atoms with E-state index in [0.29, 0.717) is 5.56 Å². The van der Waals surface area contributed by atoms with Gasteiger partial charge in [-0.05, 0) is 48.7 Å². The minimum absolute atomic E-state index is 0.0575. The summed E-state index contributed by atoms with van der Waals surface area (Å²) in [7, 11) is 0. The van der Waals surface area contributed by atoms with Gasteiger partial charge in [-0.3, -0.25) is 5.84 Å². The van der Waals surface area contributed by atoms with Crippen LogP contribution in [-0.2, 0) is 0 Å². The average Bonchev–Trinajstić information content (AvgIpc) is 2.40. The number of hydrogen-bond acceptors (Lipinski definition) is 2. The lowest BCUT2D eigenvalue weighted by atomic mass is 9.93. The van der Waals surface area contributed by atoms with E-state index in [-0.39, 0.29) is 5.56 Å². The molecule has 20 heavy (non-hydrogen) atoms. The van der Waals surface area contributed by atoms with Crippen molar-refractivity contribution in [3.05, 3.63) is 68.7 Å². The topological polar surface area (TPSA) is 38.0 Å². The third-order valence-corrected chi connectivity index (χ3v) is 3.81. The van der Waals surface area contributed by atoms with Crippen molar-refractivity contribution < 1.29 is 8.78 Å².